The van der Waals surface area contributed by atoms with E-state index in [1.54, 1.807) is 30.7 Å². The summed E-state index contributed by atoms with van der Waals surface area (Å²) in [5, 5.41) is 7.46. The summed E-state index contributed by atoms with van der Waals surface area (Å²) in [5.41, 5.74) is 4.95. The molecule has 2 N–H and O–H groups in total. The number of hydrogen-bond acceptors (Lipinski definition) is 5. The molecule has 4 aromatic rings. The number of aromatic nitrogens is 2. The molecule has 6 heteroatoms. The molecule has 0 saturated heterocycles. The topological polar surface area (TPSA) is 80.0 Å². The Balaban J connectivity index is 1.14. The van der Waals surface area contributed by atoms with Gasteiger partial charge in [0.15, 0.2) is 0 Å². The van der Waals surface area contributed by atoms with Crippen molar-refractivity contribution in [3.63, 3.8) is 0 Å². The maximum absolute atomic E-state index is 12.3. The van der Waals surface area contributed by atoms with Gasteiger partial charge in [0.25, 0.3) is 5.91 Å². The number of amides is 1. The first-order valence-electron chi connectivity index (χ1n) is 11.3. The Bertz CT molecular complexity index is 1240. The molecule has 5 rings (SSSR count). The van der Waals surface area contributed by atoms with Gasteiger partial charge in [0.05, 0.1) is 5.56 Å². The molecular formula is C27H26N4O2. The average molecular weight is 439 g/mol. The zero-order valence-electron chi connectivity index (χ0n) is 18.3. The Morgan fingerprint density at radius 2 is 1.94 bits per heavy atom. The smallest absolute Gasteiger partial charge is 0.253 e. The molecule has 1 fully saturated rings. The van der Waals surface area contributed by atoms with Gasteiger partial charge in [-0.05, 0) is 74.1 Å². The highest BCUT2D eigenvalue weighted by atomic mass is 16.4. The summed E-state index contributed by atoms with van der Waals surface area (Å²) in [6, 6.07) is 18.0. The third kappa shape index (κ3) is 5.29. The third-order valence-electron chi connectivity index (χ3n) is 6.00. The first-order valence-corrected chi connectivity index (χ1v) is 11.3. The van der Waals surface area contributed by atoms with Crippen molar-refractivity contribution in [2.24, 2.45) is 0 Å². The van der Waals surface area contributed by atoms with E-state index in [2.05, 4.69) is 44.9 Å². The molecule has 1 aliphatic rings. The van der Waals surface area contributed by atoms with E-state index in [0.717, 1.165) is 43.2 Å². The van der Waals surface area contributed by atoms with Gasteiger partial charge in [-0.3, -0.25) is 9.78 Å². The van der Waals surface area contributed by atoms with E-state index >= 15 is 0 Å². The van der Waals surface area contributed by atoms with Gasteiger partial charge in [0.2, 0.25) is 11.6 Å². The number of carbonyl (C=O) groups is 1. The minimum Gasteiger partial charge on any atom is -0.422 e. The number of allylic oxidation sites excluding steroid dienone is 2. The number of benzene rings is 1. The number of fused-ring (bicyclic) bond motifs is 1. The van der Waals surface area contributed by atoms with Crippen molar-refractivity contribution in [1.29, 1.82) is 0 Å². The monoisotopic (exact) mass is 438 g/mol. The molecule has 0 unspecified atom stereocenters. The molecular weight excluding hydrogens is 412 g/mol. The predicted octanol–water partition coefficient (Wildman–Crippen LogP) is 5.81. The second-order valence-corrected chi connectivity index (χ2v) is 8.39. The molecule has 3 heterocycles. The summed E-state index contributed by atoms with van der Waals surface area (Å²) in [7, 11) is 0. The van der Waals surface area contributed by atoms with Crippen LogP contribution in [0.4, 0.5) is 11.6 Å². The molecule has 0 spiro atoms. The summed E-state index contributed by atoms with van der Waals surface area (Å²) in [6.45, 7) is 0. The van der Waals surface area contributed by atoms with Gasteiger partial charge in [-0.15, -0.1) is 0 Å². The number of pyridine rings is 2. The van der Waals surface area contributed by atoms with Crippen molar-refractivity contribution in [1.82, 2.24) is 15.3 Å². The molecule has 1 amide bonds. The van der Waals surface area contributed by atoms with Crippen molar-refractivity contribution in [3.8, 4) is 0 Å². The lowest BCUT2D eigenvalue weighted by molar-refractivity contribution is 0.0930. The van der Waals surface area contributed by atoms with Crippen LogP contribution in [0.3, 0.4) is 0 Å². The van der Waals surface area contributed by atoms with Crippen molar-refractivity contribution in [2.75, 3.05) is 5.32 Å². The fourth-order valence-corrected chi connectivity index (χ4v) is 4.22. The SMILES string of the molecule is O=C(NC1CCC(=CCc2cccc(Nc3cc4cccnc4o3)c2)CC1)c1cccnc1. The first-order chi connectivity index (χ1) is 16.2. The second kappa shape index (κ2) is 9.69. The Morgan fingerprint density at radius 3 is 2.76 bits per heavy atom. The Morgan fingerprint density at radius 1 is 1.06 bits per heavy atom. The average Bonchev–Trinajstić information content (AvgIpc) is 3.27. The van der Waals surface area contributed by atoms with Crippen LogP contribution < -0.4 is 10.6 Å². The van der Waals surface area contributed by atoms with Crippen LogP contribution >= 0.6 is 0 Å². The van der Waals surface area contributed by atoms with Gasteiger partial charge < -0.3 is 15.1 Å². The Hall–Kier alpha value is -3.93. The summed E-state index contributed by atoms with van der Waals surface area (Å²) in [4.78, 5) is 20.6. The van der Waals surface area contributed by atoms with Crippen LogP contribution in [-0.4, -0.2) is 21.9 Å². The van der Waals surface area contributed by atoms with Gasteiger partial charge in [0, 0.05) is 41.8 Å². The lowest BCUT2D eigenvalue weighted by Crippen LogP contribution is -2.36. The molecule has 0 bridgehead atoms. The quantitative estimate of drug-likeness (QED) is 0.372. The van der Waals surface area contributed by atoms with Crippen LogP contribution in [0.2, 0.25) is 0 Å². The zero-order chi connectivity index (χ0) is 22.5. The van der Waals surface area contributed by atoms with E-state index in [0.29, 0.717) is 17.2 Å². The van der Waals surface area contributed by atoms with E-state index in [1.165, 1.54) is 11.1 Å². The van der Waals surface area contributed by atoms with Crippen LogP contribution in [0.1, 0.15) is 41.6 Å². The second-order valence-electron chi connectivity index (χ2n) is 8.39. The standard InChI is InChI=1S/C27H26N4O2/c32-26(22-6-2-14-28-18-22)31-23-12-10-19(11-13-23)8-9-20-4-1-7-24(16-20)30-25-17-21-5-3-15-29-27(21)33-25/h1-8,14-18,23,30H,9-13H2,(H,31,32). The lowest BCUT2D eigenvalue weighted by atomic mass is 9.89. The normalized spacial score (nSPS) is 15.9. The van der Waals surface area contributed by atoms with Gasteiger partial charge in [-0.1, -0.05) is 23.8 Å². The predicted molar refractivity (Wildman–Crippen MR) is 129 cm³/mol. The minimum atomic E-state index is -0.0370. The summed E-state index contributed by atoms with van der Waals surface area (Å²) >= 11 is 0. The number of nitrogens with one attached hydrogen (secondary N) is 2. The van der Waals surface area contributed by atoms with E-state index in [-0.39, 0.29) is 11.9 Å². The molecule has 0 aliphatic heterocycles. The van der Waals surface area contributed by atoms with Crippen LogP contribution in [0.15, 0.2) is 89.3 Å². The summed E-state index contributed by atoms with van der Waals surface area (Å²) in [5.74, 6) is 0.649. The molecule has 1 aliphatic carbocycles. The third-order valence-corrected chi connectivity index (χ3v) is 6.00. The number of nitrogens with zero attached hydrogens (tertiary/aromatic N) is 2. The highest BCUT2D eigenvalue weighted by molar-refractivity contribution is 5.94. The highest BCUT2D eigenvalue weighted by Gasteiger charge is 2.19. The number of anilines is 2. The number of rotatable bonds is 6. The van der Waals surface area contributed by atoms with Gasteiger partial charge in [0.1, 0.15) is 0 Å². The van der Waals surface area contributed by atoms with Crippen LogP contribution in [0.5, 0.6) is 0 Å². The largest absolute Gasteiger partial charge is 0.422 e. The molecule has 3 aromatic heterocycles. The Labute approximate surface area is 192 Å². The Kier molecular flexibility index (Phi) is 6.15. The van der Waals surface area contributed by atoms with E-state index in [9.17, 15) is 4.79 Å². The molecule has 0 atom stereocenters. The lowest BCUT2D eigenvalue weighted by Gasteiger charge is -2.25. The number of furan rings is 1. The highest BCUT2D eigenvalue weighted by Crippen LogP contribution is 2.26. The fourth-order valence-electron chi connectivity index (χ4n) is 4.22. The summed E-state index contributed by atoms with van der Waals surface area (Å²) in [6.07, 6.45) is 12.2. The van der Waals surface area contributed by atoms with Crippen molar-refractivity contribution in [3.05, 3.63) is 96.0 Å². The number of hydrogen-bond donors (Lipinski definition) is 2. The summed E-state index contributed by atoms with van der Waals surface area (Å²) < 4.78 is 5.77. The molecule has 166 valence electrons. The maximum atomic E-state index is 12.3. The number of carbonyl (C=O) groups excluding carboxylic acids is 1. The van der Waals surface area contributed by atoms with E-state index < -0.39 is 0 Å². The molecule has 6 nitrogen and oxygen atoms in total. The molecule has 1 saturated carbocycles. The van der Waals surface area contributed by atoms with E-state index in [1.807, 2.05) is 24.3 Å². The molecule has 33 heavy (non-hydrogen) atoms. The van der Waals surface area contributed by atoms with Crippen LogP contribution in [-0.2, 0) is 6.42 Å². The van der Waals surface area contributed by atoms with E-state index in [4.69, 9.17) is 4.42 Å². The maximum Gasteiger partial charge on any atom is 0.253 e. The zero-order valence-corrected chi connectivity index (χ0v) is 18.3. The molecule has 0 radical (unpaired) electrons. The van der Waals surface area contributed by atoms with Gasteiger partial charge in [-0.2, -0.15) is 0 Å². The van der Waals surface area contributed by atoms with Crippen molar-refractivity contribution in [2.45, 2.75) is 38.1 Å². The fraction of sp³-hybridized carbons (Fsp3) is 0.222. The van der Waals surface area contributed by atoms with Crippen LogP contribution in [0, 0.1) is 0 Å². The first kappa shape index (κ1) is 20.9. The van der Waals surface area contributed by atoms with Crippen molar-refractivity contribution < 1.29 is 9.21 Å². The molecule has 1 aromatic carbocycles. The van der Waals surface area contributed by atoms with Crippen molar-refractivity contribution >= 4 is 28.6 Å². The minimum absolute atomic E-state index is 0.0370. The van der Waals surface area contributed by atoms with Gasteiger partial charge in [-0.25, -0.2) is 4.98 Å². The van der Waals surface area contributed by atoms with Gasteiger partial charge >= 0.3 is 0 Å². The van der Waals surface area contributed by atoms with Crippen LogP contribution in [0.25, 0.3) is 11.1 Å².